The zero-order valence-electron chi connectivity index (χ0n) is 11.9. The molecule has 1 heterocycles. The molecule has 0 aliphatic carbocycles. The summed E-state index contributed by atoms with van der Waals surface area (Å²) in [5.41, 5.74) is 2.38. The van der Waals surface area contributed by atoms with E-state index in [9.17, 15) is 4.79 Å². The molecule has 5 heteroatoms. The summed E-state index contributed by atoms with van der Waals surface area (Å²) in [6, 6.07) is 7.47. The number of aromatic nitrogens is 2. The predicted molar refractivity (Wildman–Crippen MR) is 81.1 cm³/mol. The van der Waals surface area contributed by atoms with Crippen LogP contribution in [0.3, 0.4) is 0 Å². The first-order chi connectivity index (χ1) is 9.72. The van der Waals surface area contributed by atoms with Crippen LogP contribution >= 0.6 is 0 Å². The molecule has 0 unspecified atom stereocenters. The summed E-state index contributed by atoms with van der Waals surface area (Å²) in [5.74, 6) is -0.123. The first-order valence-corrected chi connectivity index (χ1v) is 6.90. The second kappa shape index (κ2) is 6.75. The van der Waals surface area contributed by atoms with Crippen molar-refractivity contribution in [1.29, 1.82) is 0 Å². The van der Waals surface area contributed by atoms with Crippen LogP contribution in [0.2, 0.25) is 0 Å². The fourth-order valence-corrected chi connectivity index (χ4v) is 1.81. The number of benzene rings is 1. The molecule has 0 spiro atoms. The molecule has 2 rings (SSSR count). The van der Waals surface area contributed by atoms with Gasteiger partial charge in [-0.15, -0.1) is 0 Å². The van der Waals surface area contributed by atoms with E-state index in [2.05, 4.69) is 22.7 Å². The van der Waals surface area contributed by atoms with E-state index in [1.54, 1.807) is 10.9 Å². The van der Waals surface area contributed by atoms with Gasteiger partial charge in [-0.3, -0.25) is 9.48 Å². The molecule has 0 saturated carbocycles. The molecule has 1 aromatic heterocycles. The molecule has 0 atom stereocenters. The number of aryl methyl sites for hydroxylation is 1. The van der Waals surface area contributed by atoms with Crippen molar-refractivity contribution in [3.63, 3.8) is 0 Å². The van der Waals surface area contributed by atoms with Crippen molar-refractivity contribution in [1.82, 2.24) is 9.78 Å². The van der Waals surface area contributed by atoms with E-state index in [4.69, 9.17) is 0 Å². The minimum absolute atomic E-state index is 0.123. The van der Waals surface area contributed by atoms with E-state index in [-0.39, 0.29) is 5.91 Å². The maximum Gasteiger partial charge on any atom is 0.255 e. The smallest absolute Gasteiger partial charge is 0.255 e. The number of rotatable bonds is 6. The van der Waals surface area contributed by atoms with Gasteiger partial charge in [0.25, 0.3) is 5.91 Å². The molecule has 20 heavy (non-hydrogen) atoms. The summed E-state index contributed by atoms with van der Waals surface area (Å²) in [6.07, 6.45) is 4.54. The molecule has 106 valence electrons. The van der Waals surface area contributed by atoms with Gasteiger partial charge in [0.05, 0.1) is 11.9 Å². The van der Waals surface area contributed by atoms with Gasteiger partial charge in [0, 0.05) is 30.5 Å². The Bertz CT molecular complexity index is 560. The van der Waals surface area contributed by atoms with Crippen molar-refractivity contribution in [2.24, 2.45) is 0 Å². The van der Waals surface area contributed by atoms with E-state index in [0.717, 1.165) is 25.2 Å². The van der Waals surface area contributed by atoms with E-state index >= 15 is 0 Å². The largest absolute Gasteiger partial charge is 0.385 e. The number of carbonyl (C=O) groups excluding carboxylic acids is 1. The van der Waals surface area contributed by atoms with Gasteiger partial charge in [-0.05, 0) is 37.6 Å². The molecule has 0 aliphatic rings. The van der Waals surface area contributed by atoms with Crippen LogP contribution in [0.15, 0.2) is 36.7 Å². The normalized spacial score (nSPS) is 10.3. The number of hydrogen-bond donors (Lipinski definition) is 2. The molecule has 1 amide bonds. The van der Waals surface area contributed by atoms with E-state index < -0.39 is 0 Å². The standard InChI is InChI=1S/C15H20N4O/c1-3-9-16-13-7-5-12(6-8-13)15(20)18-14-10-17-19(4-2)11-14/h5-8,10-11,16H,3-4,9H2,1-2H3,(H,18,20). The Kier molecular flexibility index (Phi) is 4.76. The Balaban J connectivity index is 1.98. The zero-order valence-corrected chi connectivity index (χ0v) is 11.9. The van der Waals surface area contributed by atoms with Crippen molar-refractivity contribution in [2.75, 3.05) is 17.2 Å². The number of amides is 1. The van der Waals surface area contributed by atoms with Crippen LogP contribution in [0.4, 0.5) is 11.4 Å². The van der Waals surface area contributed by atoms with Gasteiger partial charge < -0.3 is 10.6 Å². The fraction of sp³-hybridized carbons (Fsp3) is 0.333. The van der Waals surface area contributed by atoms with Crippen LogP contribution in [0.25, 0.3) is 0 Å². The van der Waals surface area contributed by atoms with Crippen LogP contribution < -0.4 is 10.6 Å². The Morgan fingerprint density at radius 3 is 2.55 bits per heavy atom. The molecular weight excluding hydrogens is 252 g/mol. The van der Waals surface area contributed by atoms with E-state index in [1.165, 1.54) is 0 Å². The highest BCUT2D eigenvalue weighted by atomic mass is 16.1. The zero-order chi connectivity index (χ0) is 14.4. The lowest BCUT2D eigenvalue weighted by Crippen LogP contribution is -2.11. The lowest BCUT2D eigenvalue weighted by Gasteiger charge is -2.06. The second-order valence-electron chi connectivity index (χ2n) is 4.54. The highest BCUT2D eigenvalue weighted by Gasteiger charge is 2.07. The number of carbonyl (C=O) groups is 1. The average molecular weight is 272 g/mol. The molecule has 0 fully saturated rings. The SMILES string of the molecule is CCCNc1ccc(C(=O)Nc2cnn(CC)c2)cc1. The first kappa shape index (κ1) is 14.1. The Morgan fingerprint density at radius 1 is 1.20 bits per heavy atom. The van der Waals surface area contributed by atoms with Crippen molar-refractivity contribution in [3.8, 4) is 0 Å². The molecule has 0 bridgehead atoms. The molecule has 0 aliphatic heterocycles. The third kappa shape index (κ3) is 3.60. The first-order valence-electron chi connectivity index (χ1n) is 6.90. The third-order valence-corrected chi connectivity index (χ3v) is 2.94. The average Bonchev–Trinajstić information content (AvgIpc) is 2.93. The molecule has 0 saturated heterocycles. The van der Waals surface area contributed by atoms with Crippen molar-refractivity contribution >= 4 is 17.3 Å². The fourth-order valence-electron chi connectivity index (χ4n) is 1.81. The molecule has 5 nitrogen and oxygen atoms in total. The summed E-state index contributed by atoms with van der Waals surface area (Å²) in [6.45, 7) is 5.83. The number of anilines is 2. The molecule has 2 N–H and O–H groups in total. The lowest BCUT2D eigenvalue weighted by atomic mass is 10.2. The Hall–Kier alpha value is -2.30. The van der Waals surface area contributed by atoms with Gasteiger partial charge in [0.2, 0.25) is 0 Å². The summed E-state index contributed by atoms with van der Waals surface area (Å²) in [5, 5.41) is 10.2. The minimum atomic E-state index is -0.123. The number of hydrogen-bond acceptors (Lipinski definition) is 3. The van der Waals surface area contributed by atoms with Gasteiger partial charge >= 0.3 is 0 Å². The van der Waals surface area contributed by atoms with E-state index in [1.807, 2.05) is 37.4 Å². The quantitative estimate of drug-likeness (QED) is 0.850. The van der Waals surface area contributed by atoms with Crippen LogP contribution in [-0.2, 0) is 6.54 Å². The lowest BCUT2D eigenvalue weighted by molar-refractivity contribution is 0.102. The molecule has 1 aromatic carbocycles. The van der Waals surface area contributed by atoms with Crippen LogP contribution in [-0.4, -0.2) is 22.2 Å². The van der Waals surface area contributed by atoms with Gasteiger partial charge in [0.15, 0.2) is 0 Å². The summed E-state index contributed by atoms with van der Waals surface area (Å²) < 4.78 is 1.77. The van der Waals surface area contributed by atoms with Crippen LogP contribution in [0, 0.1) is 0 Å². The second-order valence-corrected chi connectivity index (χ2v) is 4.54. The van der Waals surface area contributed by atoms with E-state index in [0.29, 0.717) is 11.3 Å². The maximum absolute atomic E-state index is 12.1. The van der Waals surface area contributed by atoms with Crippen molar-refractivity contribution in [3.05, 3.63) is 42.2 Å². The van der Waals surface area contributed by atoms with Gasteiger partial charge in [-0.2, -0.15) is 5.10 Å². The van der Waals surface area contributed by atoms with Gasteiger partial charge in [-0.25, -0.2) is 0 Å². The van der Waals surface area contributed by atoms with Gasteiger partial charge in [0.1, 0.15) is 0 Å². The minimum Gasteiger partial charge on any atom is -0.385 e. The summed E-state index contributed by atoms with van der Waals surface area (Å²) in [4.78, 5) is 12.1. The molecule has 0 radical (unpaired) electrons. The molecular formula is C15H20N4O. The van der Waals surface area contributed by atoms with Crippen molar-refractivity contribution in [2.45, 2.75) is 26.8 Å². The monoisotopic (exact) mass is 272 g/mol. The number of nitrogens with one attached hydrogen (secondary N) is 2. The van der Waals surface area contributed by atoms with Gasteiger partial charge in [-0.1, -0.05) is 6.92 Å². The van der Waals surface area contributed by atoms with Crippen molar-refractivity contribution < 1.29 is 4.79 Å². The molecule has 2 aromatic rings. The highest BCUT2D eigenvalue weighted by molar-refractivity contribution is 6.04. The Morgan fingerprint density at radius 2 is 1.95 bits per heavy atom. The highest BCUT2D eigenvalue weighted by Crippen LogP contribution is 2.12. The maximum atomic E-state index is 12.1. The predicted octanol–water partition coefficient (Wildman–Crippen LogP) is 2.98. The topological polar surface area (TPSA) is 59.0 Å². The third-order valence-electron chi connectivity index (χ3n) is 2.94. The van der Waals surface area contributed by atoms with Crippen LogP contribution in [0.5, 0.6) is 0 Å². The Labute approximate surface area is 119 Å². The van der Waals surface area contributed by atoms with Crippen LogP contribution in [0.1, 0.15) is 30.6 Å². The summed E-state index contributed by atoms with van der Waals surface area (Å²) in [7, 11) is 0. The number of nitrogens with zero attached hydrogens (tertiary/aromatic N) is 2. The summed E-state index contributed by atoms with van der Waals surface area (Å²) >= 11 is 0.